The third-order valence-corrected chi connectivity index (χ3v) is 5.31. The Balaban J connectivity index is 1.58. The Kier molecular flexibility index (Phi) is 6.09. The Hall–Kier alpha value is -3.60. The van der Waals surface area contributed by atoms with Gasteiger partial charge in [-0.05, 0) is 61.2 Å². The summed E-state index contributed by atoms with van der Waals surface area (Å²) in [6, 6.07) is 19.9. The maximum atomic E-state index is 13.5. The topological polar surface area (TPSA) is 59.0 Å². The first-order valence-corrected chi connectivity index (χ1v) is 10.2. The quantitative estimate of drug-likeness (QED) is 0.455. The maximum Gasteiger partial charge on any atom is 0.254 e. The van der Waals surface area contributed by atoms with E-state index in [2.05, 4.69) is 46.1 Å². The lowest BCUT2D eigenvalue weighted by molar-refractivity contribution is 0.0667. The van der Waals surface area contributed by atoms with Gasteiger partial charge in [0.15, 0.2) is 0 Å². The summed E-state index contributed by atoms with van der Waals surface area (Å²) >= 11 is 0. The standard InChI is InChI=1S/C25H24N4O/c1-19(7-8-20-5-3-2-4-6-20)29(18-21-11-13-26-14-12-21)25(30)22-9-10-23-24(17-22)28-16-15-27-23/h2-6,9-17,19H,7-8,18H2,1H3/t19-/m0/s1. The number of nitrogens with zero attached hydrogens (tertiary/aromatic N) is 4. The average molecular weight is 396 g/mol. The van der Waals surface area contributed by atoms with Crippen molar-refractivity contribution >= 4 is 16.9 Å². The van der Waals surface area contributed by atoms with Crippen LogP contribution in [0.5, 0.6) is 0 Å². The summed E-state index contributed by atoms with van der Waals surface area (Å²) in [4.78, 5) is 28.2. The Labute approximate surface area is 176 Å². The number of benzene rings is 2. The van der Waals surface area contributed by atoms with Crippen LogP contribution in [0.15, 0.2) is 85.5 Å². The molecule has 0 aliphatic heterocycles. The molecule has 2 aromatic heterocycles. The van der Waals surface area contributed by atoms with E-state index in [9.17, 15) is 4.79 Å². The van der Waals surface area contributed by atoms with Crippen LogP contribution in [-0.2, 0) is 13.0 Å². The van der Waals surface area contributed by atoms with Crippen LogP contribution < -0.4 is 0 Å². The highest BCUT2D eigenvalue weighted by Gasteiger charge is 2.22. The predicted molar refractivity (Wildman–Crippen MR) is 118 cm³/mol. The van der Waals surface area contributed by atoms with Crippen molar-refractivity contribution in [1.29, 1.82) is 0 Å². The van der Waals surface area contributed by atoms with Gasteiger partial charge in [0.05, 0.1) is 11.0 Å². The maximum absolute atomic E-state index is 13.5. The number of aryl methyl sites for hydroxylation is 1. The molecular formula is C25H24N4O. The van der Waals surface area contributed by atoms with Crippen LogP contribution in [0.2, 0.25) is 0 Å². The Morgan fingerprint density at radius 2 is 1.60 bits per heavy atom. The minimum Gasteiger partial charge on any atom is -0.332 e. The molecule has 4 rings (SSSR count). The largest absolute Gasteiger partial charge is 0.332 e. The summed E-state index contributed by atoms with van der Waals surface area (Å²) in [5, 5.41) is 0. The fraction of sp³-hybridized carbons (Fsp3) is 0.200. The van der Waals surface area contributed by atoms with Gasteiger partial charge in [-0.25, -0.2) is 0 Å². The molecule has 2 heterocycles. The second kappa shape index (κ2) is 9.27. The third kappa shape index (κ3) is 4.69. The van der Waals surface area contributed by atoms with Gasteiger partial charge in [0.1, 0.15) is 0 Å². The summed E-state index contributed by atoms with van der Waals surface area (Å²) in [6.45, 7) is 2.65. The van der Waals surface area contributed by atoms with Crippen molar-refractivity contribution in [1.82, 2.24) is 19.9 Å². The number of fused-ring (bicyclic) bond motifs is 1. The molecule has 0 radical (unpaired) electrons. The minimum atomic E-state index is -0.0000676. The van der Waals surface area contributed by atoms with E-state index in [4.69, 9.17) is 0 Å². The van der Waals surface area contributed by atoms with Crippen molar-refractivity contribution in [2.75, 3.05) is 0 Å². The highest BCUT2D eigenvalue weighted by atomic mass is 16.2. The fourth-order valence-corrected chi connectivity index (χ4v) is 3.55. The minimum absolute atomic E-state index is 0.0000676. The van der Waals surface area contributed by atoms with Crippen LogP contribution in [0.1, 0.15) is 34.8 Å². The smallest absolute Gasteiger partial charge is 0.254 e. The summed E-state index contributed by atoms with van der Waals surface area (Å²) in [7, 11) is 0. The SMILES string of the molecule is C[C@@H](CCc1ccccc1)N(Cc1ccncc1)C(=O)c1ccc2nccnc2c1. The highest BCUT2D eigenvalue weighted by molar-refractivity contribution is 5.97. The normalized spacial score (nSPS) is 11.9. The number of carbonyl (C=O) groups is 1. The zero-order valence-corrected chi connectivity index (χ0v) is 17.0. The van der Waals surface area contributed by atoms with Crippen LogP contribution in [0, 0.1) is 0 Å². The van der Waals surface area contributed by atoms with E-state index in [1.807, 2.05) is 41.3 Å². The Morgan fingerprint density at radius 1 is 0.867 bits per heavy atom. The first kappa shape index (κ1) is 19.7. The Bertz CT molecular complexity index is 1120. The zero-order valence-electron chi connectivity index (χ0n) is 17.0. The van der Waals surface area contributed by atoms with Crippen LogP contribution >= 0.6 is 0 Å². The number of rotatable bonds is 7. The van der Waals surface area contributed by atoms with Crippen molar-refractivity contribution in [2.24, 2.45) is 0 Å². The molecule has 0 saturated carbocycles. The van der Waals surface area contributed by atoms with E-state index >= 15 is 0 Å². The van der Waals surface area contributed by atoms with Crippen molar-refractivity contribution in [2.45, 2.75) is 32.4 Å². The van der Waals surface area contributed by atoms with E-state index in [1.165, 1.54) is 5.56 Å². The van der Waals surface area contributed by atoms with Crippen molar-refractivity contribution in [3.05, 3.63) is 102 Å². The van der Waals surface area contributed by atoms with Gasteiger partial charge in [-0.15, -0.1) is 0 Å². The molecule has 150 valence electrons. The van der Waals surface area contributed by atoms with Crippen molar-refractivity contribution < 1.29 is 4.79 Å². The molecule has 0 saturated heterocycles. The van der Waals surface area contributed by atoms with Gasteiger partial charge >= 0.3 is 0 Å². The van der Waals surface area contributed by atoms with Crippen LogP contribution in [-0.4, -0.2) is 31.8 Å². The first-order chi connectivity index (χ1) is 14.7. The molecule has 0 fully saturated rings. The number of pyridine rings is 1. The molecule has 0 unspecified atom stereocenters. The van der Waals surface area contributed by atoms with E-state index < -0.39 is 0 Å². The lowest BCUT2D eigenvalue weighted by atomic mass is 10.0. The molecule has 4 aromatic rings. The van der Waals surface area contributed by atoms with Gasteiger partial charge in [0.2, 0.25) is 0 Å². The molecule has 30 heavy (non-hydrogen) atoms. The van der Waals surface area contributed by atoms with Crippen LogP contribution in [0.25, 0.3) is 11.0 Å². The van der Waals surface area contributed by atoms with Crippen LogP contribution in [0.3, 0.4) is 0 Å². The molecule has 5 nitrogen and oxygen atoms in total. The third-order valence-electron chi connectivity index (χ3n) is 5.31. The van der Waals surface area contributed by atoms with Gasteiger partial charge in [0.25, 0.3) is 5.91 Å². The molecule has 1 atom stereocenters. The number of aromatic nitrogens is 3. The molecule has 0 aliphatic rings. The van der Waals surface area contributed by atoms with Gasteiger partial charge in [-0.3, -0.25) is 19.7 Å². The first-order valence-electron chi connectivity index (χ1n) is 10.2. The average Bonchev–Trinajstić information content (AvgIpc) is 2.81. The molecular weight excluding hydrogens is 372 g/mol. The van der Waals surface area contributed by atoms with E-state index in [-0.39, 0.29) is 11.9 Å². The zero-order chi connectivity index (χ0) is 20.8. The van der Waals surface area contributed by atoms with Gasteiger partial charge < -0.3 is 4.90 Å². The van der Waals surface area contributed by atoms with Gasteiger partial charge in [0, 0.05) is 42.9 Å². The molecule has 0 bridgehead atoms. The molecule has 2 aromatic carbocycles. The van der Waals surface area contributed by atoms with E-state index in [0.717, 1.165) is 29.4 Å². The number of carbonyl (C=O) groups excluding carboxylic acids is 1. The van der Waals surface area contributed by atoms with Gasteiger partial charge in [-0.2, -0.15) is 0 Å². The highest BCUT2D eigenvalue weighted by Crippen LogP contribution is 2.19. The lowest BCUT2D eigenvalue weighted by Gasteiger charge is -2.30. The molecule has 0 N–H and O–H groups in total. The van der Waals surface area contributed by atoms with E-state index in [0.29, 0.717) is 12.1 Å². The van der Waals surface area contributed by atoms with Crippen molar-refractivity contribution in [3.63, 3.8) is 0 Å². The molecule has 0 spiro atoms. The van der Waals surface area contributed by atoms with E-state index in [1.54, 1.807) is 24.8 Å². The summed E-state index contributed by atoms with van der Waals surface area (Å²) in [6.07, 6.45) is 8.63. The lowest BCUT2D eigenvalue weighted by Crippen LogP contribution is -2.38. The monoisotopic (exact) mass is 396 g/mol. The summed E-state index contributed by atoms with van der Waals surface area (Å²) in [5.74, 6) is -0.0000676. The fourth-order valence-electron chi connectivity index (χ4n) is 3.55. The second-order valence-electron chi connectivity index (χ2n) is 7.42. The second-order valence-corrected chi connectivity index (χ2v) is 7.42. The number of hydrogen-bond donors (Lipinski definition) is 0. The van der Waals surface area contributed by atoms with Crippen LogP contribution in [0.4, 0.5) is 0 Å². The molecule has 1 amide bonds. The summed E-state index contributed by atoms with van der Waals surface area (Å²) in [5.41, 5.74) is 4.48. The predicted octanol–water partition coefficient (Wildman–Crippen LogP) is 4.69. The number of hydrogen-bond acceptors (Lipinski definition) is 4. The van der Waals surface area contributed by atoms with Crippen molar-refractivity contribution in [3.8, 4) is 0 Å². The molecule has 5 heteroatoms. The molecule has 0 aliphatic carbocycles. The Morgan fingerprint density at radius 3 is 2.37 bits per heavy atom. The summed E-state index contributed by atoms with van der Waals surface area (Å²) < 4.78 is 0. The van der Waals surface area contributed by atoms with Gasteiger partial charge in [-0.1, -0.05) is 30.3 Å². The number of amides is 1.